The molecular formula is C36H26N20Zn2. The van der Waals surface area contributed by atoms with E-state index in [0.717, 1.165) is 56.8 Å². The van der Waals surface area contributed by atoms with Gasteiger partial charge < -0.3 is 48.6 Å². The van der Waals surface area contributed by atoms with Crippen molar-refractivity contribution in [1.29, 1.82) is 0 Å². The predicted octanol–water partition coefficient (Wildman–Crippen LogP) is 10.3. The Balaban J connectivity index is 0.000000745. The first-order valence-electron chi connectivity index (χ1n) is 16.1. The first-order chi connectivity index (χ1) is 27.5. The third kappa shape index (κ3) is 11.3. The quantitative estimate of drug-likeness (QED) is 0.0648. The van der Waals surface area contributed by atoms with Crippen molar-refractivity contribution in [2.24, 2.45) is 0 Å². The zero-order chi connectivity index (χ0) is 40.1. The minimum Gasteiger partial charge on any atom is -0.373 e. The van der Waals surface area contributed by atoms with E-state index in [2.05, 4.69) is 49.2 Å². The van der Waals surface area contributed by atoms with Crippen LogP contribution >= 0.6 is 0 Å². The first kappa shape index (κ1) is 46.6. The van der Waals surface area contributed by atoms with Gasteiger partial charge in [0.2, 0.25) is 0 Å². The number of hydrogen-bond donors (Lipinski definition) is 0. The SMILES string of the molecule is [N-]=[N+]=[N-].[N-]=[N+]=[N-].[N-]=[N+]=[N-].[N-]=[N+]=[N-].[Zn+2].[Zn+2].c1ccc(-c2nc([C@@H](c3ccccn3)[C@H](c3ccccn3)c3nc(-c4ccccn4)n4ccccc34)n3ccccc23)nc1. The van der Waals surface area contributed by atoms with Crippen molar-refractivity contribution >= 4 is 11.0 Å². The molecule has 0 aliphatic carbocycles. The summed E-state index contributed by atoms with van der Waals surface area (Å²) in [4.78, 5) is 35.8. The molecule has 0 spiro atoms. The molecule has 8 aromatic heterocycles. The summed E-state index contributed by atoms with van der Waals surface area (Å²) in [6.45, 7) is 0. The molecule has 20 nitrogen and oxygen atoms in total. The summed E-state index contributed by atoms with van der Waals surface area (Å²) in [7, 11) is 0. The van der Waals surface area contributed by atoms with Gasteiger partial charge in [-0.3, -0.25) is 44.0 Å². The van der Waals surface area contributed by atoms with E-state index in [1.165, 1.54) is 19.6 Å². The van der Waals surface area contributed by atoms with Crippen LogP contribution < -0.4 is 0 Å². The zero-order valence-electron chi connectivity index (χ0n) is 30.4. The number of nitrogens with zero attached hydrogens (tertiary/aromatic N) is 20. The fraction of sp³-hybridized carbons (Fsp3) is 0.0556. The number of aromatic nitrogens is 8. The molecule has 0 aliphatic heterocycles. The zero-order valence-corrected chi connectivity index (χ0v) is 36.3. The molecule has 0 bridgehead atoms. The van der Waals surface area contributed by atoms with Gasteiger partial charge in [0.25, 0.3) is 0 Å². The maximum Gasteiger partial charge on any atom is 2.00 e. The van der Waals surface area contributed by atoms with Gasteiger partial charge in [0, 0.05) is 37.2 Å². The van der Waals surface area contributed by atoms with E-state index in [1.807, 2.05) is 104 Å². The number of pyridine rings is 6. The topological polar surface area (TPSA) is 321 Å². The molecule has 0 saturated carbocycles. The number of fused-ring (bicyclic) bond motifs is 2. The Bertz CT molecular complexity index is 2390. The van der Waals surface area contributed by atoms with Crippen LogP contribution in [0.25, 0.3) is 97.8 Å². The molecule has 0 fully saturated rings. The molecule has 8 rings (SSSR count). The van der Waals surface area contributed by atoms with Gasteiger partial charge in [0.15, 0.2) is 5.82 Å². The number of hydrogen-bond acceptors (Lipinski definition) is 6. The van der Waals surface area contributed by atoms with Crippen molar-refractivity contribution in [3.63, 3.8) is 0 Å². The average molecular weight is 870 g/mol. The molecule has 0 aliphatic rings. The molecule has 58 heavy (non-hydrogen) atoms. The molecular weight excluding hydrogens is 843 g/mol. The van der Waals surface area contributed by atoms with Crippen molar-refractivity contribution < 1.29 is 39.0 Å². The van der Waals surface area contributed by atoms with Gasteiger partial charge in [-0.15, -0.1) is 0 Å². The van der Waals surface area contributed by atoms with E-state index in [4.69, 9.17) is 64.2 Å². The third-order valence-electron chi connectivity index (χ3n) is 7.87. The summed E-state index contributed by atoms with van der Waals surface area (Å²) in [5.41, 5.74) is 60.9. The largest absolute Gasteiger partial charge is 2.00 e. The summed E-state index contributed by atoms with van der Waals surface area (Å²) >= 11 is 0. The van der Waals surface area contributed by atoms with E-state index in [9.17, 15) is 0 Å². The van der Waals surface area contributed by atoms with Gasteiger partial charge in [-0.1, -0.05) is 36.4 Å². The molecule has 0 N–H and O–H groups in total. The Morgan fingerprint density at radius 3 is 1.34 bits per heavy atom. The van der Waals surface area contributed by atoms with Crippen LogP contribution in [-0.4, -0.2) is 38.7 Å². The van der Waals surface area contributed by atoms with Crippen LogP contribution in [0.1, 0.15) is 34.7 Å². The molecule has 8 aromatic rings. The molecule has 0 saturated heterocycles. The third-order valence-corrected chi connectivity index (χ3v) is 7.87. The normalized spacial score (nSPS) is 10.3. The van der Waals surface area contributed by atoms with Crippen LogP contribution in [0, 0.1) is 0 Å². The average Bonchev–Trinajstić information content (AvgIpc) is 3.82. The molecule has 274 valence electrons. The van der Waals surface area contributed by atoms with Crippen LogP contribution in [0.5, 0.6) is 0 Å². The Labute approximate surface area is 354 Å². The van der Waals surface area contributed by atoms with E-state index in [-0.39, 0.29) is 50.8 Å². The molecule has 0 amide bonds. The maximum atomic E-state index is 6.75. The Morgan fingerprint density at radius 2 is 0.862 bits per heavy atom. The second kappa shape index (κ2) is 24.8. The van der Waals surface area contributed by atoms with Crippen LogP contribution in [0.2, 0.25) is 0 Å². The van der Waals surface area contributed by atoms with Crippen LogP contribution in [0.3, 0.4) is 0 Å². The van der Waals surface area contributed by atoms with E-state index < -0.39 is 0 Å². The molecule has 0 aromatic carbocycles. The fourth-order valence-electron chi connectivity index (χ4n) is 5.98. The van der Waals surface area contributed by atoms with Gasteiger partial charge in [-0.05, 0) is 72.8 Å². The van der Waals surface area contributed by atoms with E-state index in [1.54, 1.807) is 12.4 Å². The van der Waals surface area contributed by atoms with Gasteiger partial charge in [0.05, 0.1) is 45.6 Å². The van der Waals surface area contributed by atoms with Crippen molar-refractivity contribution in [1.82, 2.24) is 38.7 Å². The van der Waals surface area contributed by atoms with Crippen LogP contribution in [-0.2, 0) is 39.0 Å². The monoisotopic (exact) mass is 866 g/mol. The summed E-state index contributed by atoms with van der Waals surface area (Å²) in [5.74, 6) is 0.892. The summed E-state index contributed by atoms with van der Waals surface area (Å²) in [6.07, 6.45) is 11.3. The smallest absolute Gasteiger partial charge is 0.373 e. The van der Waals surface area contributed by atoms with Crippen molar-refractivity contribution in [3.05, 3.63) is 233 Å². The second-order valence-electron chi connectivity index (χ2n) is 10.8. The number of rotatable bonds is 7. The summed E-state index contributed by atoms with van der Waals surface area (Å²) < 4.78 is 4.25. The van der Waals surface area contributed by atoms with Crippen LogP contribution in [0.15, 0.2) is 146 Å². The van der Waals surface area contributed by atoms with E-state index >= 15 is 0 Å². The molecule has 8 heterocycles. The van der Waals surface area contributed by atoms with Gasteiger partial charge in [-0.25, -0.2) is 9.97 Å². The molecule has 0 radical (unpaired) electrons. The van der Waals surface area contributed by atoms with Gasteiger partial charge in [-0.2, -0.15) is 0 Å². The van der Waals surface area contributed by atoms with Crippen LogP contribution in [0.4, 0.5) is 0 Å². The van der Waals surface area contributed by atoms with Crippen molar-refractivity contribution in [3.8, 4) is 22.9 Å². The fourth-order valence-corrected chi connectivity index (χ4v) is 5.98. The number of imidazole rings is 2. The minimum absolute atomic E-state index is 0. The Morgan fingerprint density at radius 1 is 0.431 bits per heavy atom. The maximum absolute atomic E-state index is 6.75. The van der Waals surface area contributed by atoms with Crippen molar-refractivity contribution in [2.45, 2.75) is 11.8 Å². The van der Waals surface area contributed by atoms with Gasteiger partial charge in [0.1, 0.15) is 17.2 Å². The van der Waals surface area contributed by atoms with Gasteiger partial charge >= 0.3 is 39.0 Å². The molecule has 2 atom stereocenters. The Kier molecular flexibility index (Phi) is 19.9. The second-order valence-corrected chi connectivity index (χ2v) is 10.8. The first-order valence-corrected chi connectivity index (χ1v) is 16.1. The summed E-state index contributed by atoms with van der Waals surface area (Å²) in [5, 5.41) is 0. The minimum atomic E-state index is -0.353. The Hall–Kier alpha value is -7.53. The molecule has 0 unspecified atom stereocenters. The standard InChI is InChI=1S/C36H26N8.4N3.2Zn/c1-7-19-37-25(13-1)31(34-30-18-6-11-23-43(30)35(42-34)28-16-4-10-22-40-28)32(26-14-2-8-20-38-26)36-41-33(27-15-3-9-21-39-27)29-17-5-12-24-44(29)36;4*1-3-2;;/h1-24,31-32H;;;;;;/q;4*-1;2*+2/t31-,32-;;;;;;/m0....../s1. The van der Waals surface area contributed by atoms with E-state index in [0.29, 0.717) is 0 Å². The summed E-state index contributed by atoms with van der Waals surface area (Å²) in [6, 6.07) is 36.1. The molecule has 22 heteroatoms. The predicted molar refractivity (Wildman–Crippen MR) is 209 cm³/mol. The van der Waals surface area contributed by atoms with Crippen molar-refractivity contribution in [2.75, 3.05) is 0 Å².